The van der Waals surface area contributed by atoms with Gasteiger partial charge in [-0.15, -0.1) is 0 Å². The molecule has 0 radical (unpaired) electrons. The van der Waals surface area contributed by atoms with E-state index in [9.17, 15) is 0 Å². The number of fused-ring (bicyclic) bond motifs is 13. The van der Waals surface area contributed by atoms with Crippen LogP contribution in [0.3, 0.4) is 0 Å². The van der Waals surface area contributed by atoms with E-state index in [1.807, 2.05) is 0 Å². The zero-order valence-electron chi connectivity index (χ0n) is 37.6. The zero-order chi connectivity index (χ0) is 45.1. The van der Waals surface area contributed by atoms with Crippen LogP contribution in [-0.4, -0.2) is 0 Å². The third-order valence-electron chi connectivity index (χ3n) is 14.7. The van der Waals surface area contributed by atoms with Crippen LogP contribution in [-0.2, 0) is 5.41 Å². The summed E-state index contributed by atoms with van der Waals surface area (Å²) in [4.78, 5) is 2.40. The summed E-state index contributed by atoms with van der Waals surface area (Å²) in [6.07, 6.45) is 0. The van der Waals surface area contributed by atoms with Crippen LogP contribution in [0, 0.1) is 0 Å². The van der Waals surface area contributed by atoms with Crippen molar-refractivity contribution in [2.24, 2.45) is 0 Å². The van der Waals surface area contributed by atoms with E-state index >= 15 is 0 Å². The van der Waals surface area contributed by atoms with Gasteiger partial charge in [-0.3, -0.25) is 0 Å². The lowest BCUT2D eigenvalue weighted by Gasteiger charge is -2.28. The van der Waals surface area contributed by atoms with Crippen molar-refractivity contribution in [1.29, 1.82) is 0 Å². The Hall–Kier alpha value is -8.66. The zero-order valence-corrected chi connectivity index (χ0v) is 37.6. The Morgan fingerprint density at radius 1 is 0.309 bits per heavy atom. The van der Waals surface area contributed by atoms with Gasteiger partial charge in [0.05, 0.1) is 0 Å². The van der Waals surface area contributed by atoms with Crippen molar-refractivity contribution in [2.45, 2.75) is 19.3 Å². The molecule has 0 bridgehead atoms. The van der Waals surface area contributed by atoms with Gasteiger partial charge in [0.2, 0.25) is 0 Å². The number of furan rings is 2. The molecule has 2 aromatic heterocycles. The Balaban J connectivity index is 0.872. The van der Waals surface area contributed by atoms with Crippen molar-refractivity contribution in [3.8, 4) is 44.5 Å². The molecule has 3 heteroatoms. The van der Waals surface area contributed by atoms with E-state index in [4.69, 9.17) is 8.83 Å². The van der Waals surface area contributed by atoms with Crippen LogP contribution in [0.1, 0.15) is 25.0 Å². The molecular formula is C65H43NO2. The van der Waals surface area contributed by atoms with Gasteiger partial charge in [0.25, 0.3) is 0 Å². The Bertz CT molecular complexity index is 3960. The highest BCUT2D eigenvalue weighted by Gasteiger charge is 2.36. The van der Waals surface area contributed by atoms with Crippen LogP contribution >= 0.6 is 0 Å². The highest BCUT2D eigenvalue weighted by Crippen LogP contribution is 2.52. The molecule has 2 heterocycles. The van der Waals surface area contributed by atoms with Gasteiger partial charge in [0, 0.05) is 44.0 Å². The van der Waals surface area contributed by atoms with E-state index in [2.05, 4.69) is 243 Å². The molecule has 1 aliphatic carbocycles. The van der Waals surface area contributed by atoms with Gasteiger partial charge in [-0.1, -0.05) is 159 Å². The van der Waals surface area contributed by atoms with Crippen LogP contribution in [0.4, 0.5) is 17.1 Å². The molecule has 320 valence electrons. The van der Waals surface area contributed by atoms with Gasteiger partial charge >= 0.3 is 0 Å². The molecule has 1 aliphatic rings. The average Bonchev–Trinajstić information content (AvgIpc) is 4.04. The second-order valence-corrected chi connectivity index (χ2v) is 18.9. The standard InChI is InChI=1S/C65H43NO2/c1-65(2)57-38-47(40-10-4-3-5-11-40)20-30-53(57)54-31-29-50(39-58(54)65)66(48-25-16-41(17-26-48)45-23-32-59-55(36-45)63-51-14-8-6-12-43(51)21-34-61(63)67-59)49-27-18-42(19-28-49)46-24-33-60-56(37-46)64-52-15-9-7-13-44(52)22-35-62(64)68-60/h3-39H,1-2H3. The second-order valence-electron chi connectivity index (χ2n) is 18.9. The van der Waals surface area contributed by atoms with Gasteiger partial charge in [-0.25, -0.2) is 0 Å². The third-order valence-corrected chi connectivity index (χ3v) is 14.7. The Morgan fingerprint density at radius 3 is 1.28 bits per heavy atom. The summed E-state index contributed by atoms with van der Waals surface area (Å²) in [6, 6.07) is 81.5. The molecule has 0 aliphatic heterocycles. The fourth-order valence-electron chi connectivity index (χ4n) is 11.2. The number of hydrogen-bond acceptors (Lipinski definition) is 3. The summed E-state index contributed by atoms with van der Waals surface area (Å²) in [5, 5.41) is 9.42. The first-order valence-electron chi connectivity index (χ1n) is 23.5. The molecule has 0 spiro atoms. The molecule has 0 saturated heterocycles. The normalized spacial score (nSPS) is 13.0. The maximum absolute atomic E-state index is 6.37. The van der Waals surface area contributed by atoms with Gasteiger partial charge < -0.3 is 13.7 Å². The molecule has 14 rings (SSSR count). The highest BCUT2D eigenvalue weighted by atomic mass is 16.3. The van der Waals surface area contributed by atoms with Crippen LogP contribution in [0.15, 0.2) is 233 Å². The van der Waals surface area contributed by atoms with Crippen molar-refractivity contribution in [3.05, 3.63) is 236 Å². The predicted molar refractivity (Wildman–Crippen MR) is 285 cm³/mol. The molecule has 3 nitrogen and oxygen atoms in total. The van der Waals surface area contributed by atoms with E-state index in [1.54, 1.807) is 0 Å². The van der Waals surface area contributed by atoms with Crippen molar-refractivity contribution in [3.63, 3.8) is 0 Å². The van der Waals surface area contributed by atoms with E-state index in [0.717, 1.165) is 83.2 Å². The average molecular weight is 870 g/mol. The van der Waals surface area contributed by atoms with Crippen LogP contribution in [0.25, 0.3) is 110 Å². The lowest BCUT2D eigenvalue weighted by Crippen LogP contribution is -2.16. The van der Waals surface area contributed by atoms with Crippen molar-refractivity contribution in [1.82, 2.24) is 0 Å². The predicted octanol–water partition coefficient (Wildman–Crippen LogP) is 18.6. The number of anilines is 3. The highest BCUT2D eigenvalue weighted by molar-refractivity contribution is 6.20. The Labute approximate surface area is 393 Å². The molecule has 0 unspecified atom stereocenters. The minimum absolute atomic E-state index is 0.201. The van der Waals surface area contributed by atoms with Crippen molar-refractivity contribution < 1.29 is 8.83 Å². The quantitative estimate of drug-likeness (QED) is 0.167. The monoisotopic (exact) mass is 869 g/mol. The first kappa shape index (κ1) is 38.6. The summed E-state index contributed by atoms with van der Waals surface area (Å²) < 4.78 is 12.7. The number of rotatable bonds is 6. The van der Waals surface area contributed by atoms with Gasteiger partial charge in [-0.2, -0.15) is 0 Å². The topological polar surface area (TPSA) is 29.5 Å². The summed E-state index contributed by atoms with van der Waals surface area (Å²) in [6.45, 7) is 4.74. The molecule has 0 atom stereocenters. The number of hydrogen-bond donors (Lipinski definition) is 0. The minimum Gasteiger partial charge on any atom is -0.456 e. The SMILES string of the molecule is CC1(C)c2cc(-c3ccccc3)ccc2-c2ccc(N(c3ccc(-c4ccc5oc6ccc7ccccc7c6c5c4)cc3)c3ccc(-c4ccc5oc6ccc7ccccc7c6c5c4)cc3)cc21. The lowest BCUT2D eigenvalue weighted by molar-refractivity contribution is 0.660. The fraction of sp³-hybridized carbons (Fsp3) is 0.0462. The van der Waals surface area contributed by atoms with Gasteiger partial charge in [0.1, 0.15) is 22.3 Å². The largest absolute Gasteiger partial charge is 0.456 e. The molecule has 0 saturated carbocycles. The summed E-state index contributed by atoms with van der Waals surface area (Å²) in [5.41, 5.74) is 19.1. The molecule has 0 amide bonds. The summed E-state index contributed by atoms with van der Waals surface area (Å²) in [5.74, 6) is 0. The lowest BCUT2D eigenvalue weighted by atomic mass is 9.81. The van der Waals surface area contributed by atoms with E-state index in [1.165, 1.54) is 54.9 Å². The first-order valence-corrected chi connectivity index (χ1v) is 23.5. The molecular weight excluding hydrogens is 827 g/mol. The van der Waals surface area contributed by atoms with Crippen LogP contribution in [0.2, 0.25) is 0 Å². The van der Waals surface area contributed by atoms with Crippen molar-refractivity contribution in [2.75, 3.05) is 4.90 Å². The Morgan fingerprint density at radius 2 is 0.721 bits per heavy atom. The van der Waals surface area contributed by atoms with E-state index < -0.39 is 0 Å². The first-order chi connectivity index (χ1) is 33.4. The molecule has 11 aromatic carbocycles. The maximum atomic E-state index is 6.37. The molecule has 0 fully saturated rings. The molecule has 13 aromatic rings. The minimum atomic E-state index is -0.201. The van der Waals surface area contributed by atoms with Crippen LogP contribution < -0.4 is 4.90 Å². The van der Waals surface area contributed by atoms with E-state index in [-0.39, 0.29) is 5.41 Å². The number of nitrogens with zero attached hydrogens (tertiary/aromatic N) is 1. The van der Waals surface area contributed by atoms with Crippen molar-refractivity contribution >= 4 is 82.5 Å². The fourth-order valence-corrected chi connectivity index (χ4v) is 11.2. The second kappa shape index (κ2) is 14.7. The maximum Gasteiger partial charge on any atom is 0.136 e. The molecule has 0 N–H and O–H groups in total. The van der Waals surface area contributed by atoms with Gasteiger partial charge in [-0.05, 0) is 156 Å². The smallest absolute Gasteiger partial charge is 0.136 e. The molecule has 68 heavy (non-hydrogen) atoms. The summed E-state index contributed by atoms with van der Waals surface area (Å²) in [7, 11) is 0. The Kier molecular flexibility index (Phi) is 8.33. The third kappa shape index (κ3) is 5.92. The number of benzene rings is 11. The van der Waals surface area contributed by atoms with Crippen LogP contribution in [0.5, 0.6) is 0 Å². The van der Waals surface area contributed by atoms with Gasteiger partial charge in [0.15, 0.2) is 0 Å². The van der Waals surface area contributed by atoms with E-state index in [0.29, 0.717) is 0 Å². The summed E-state index contributed by atoms with van der Waals surface area (Å²) >= 11 is 0.